The van der Waals surface area contributed by atoms with Gasteiger partial charge in [-0.25, -0.2) is 0 Å². The molecule has 0 aliphatic heterocycles. The largest absolute Gasteiger partial charge is 0.397 e. The predicted octanol–water partition coefficient (Wildman–Crippen LogP) is 1.90. The topological polar surface area (TPSA) is 64.3 Å². The summed E-state index contributed by atoms with van der Waals surface area (Å²) < 4.78 is 4.91. The summed E-state index contributed by atoms with van der Waals surface area (Å²) in [6, 6.07) is 5.57. The third-order valence-corrected chi connectivity index (χ3v) is 3.16. The van der Waals surface area contributed by atoms with Crippen LogP contribution in [0.5, 0.6) is 0 Å². The van der Waals surface area contributed by atoms with Crippen molar-refractivity contribution in [1.29, 1.82) is 0 Å². The van der Waals surface area contributed by atoms with Gasteiger partial charge >= 0.3 is 0 Å². The van der Waals surface area contributed by atoms with Gasteiger partial charge in [-0.2, -0.15) is 0 Å². The van der Waals surface area contributed by atoms with Crippen molar-refractivity contribution in [3.8, 4) is 0 Å². The van der Waals surface area contributed by atoms with Crippen LogP contribution in [-0.2, 0) is 9.53 Å². The number of para-hydroxylation sites is 1. The highest BCUT2D eigenvalue weighted by Crippen LogP contribution is 2.22. The summed E-state index contributed by atoms with van der Waals surface area (Å²) >= 11 is 1.54. The molecule has 1 aromatic rings. The quantitative estimate of drug-likeness (QED) is 0.601. The van der Waals surface area contributed by atoms with Gasteiger partial charge in [-0.05, 0) is 18.6 Å². The molecule has 0 fully saturated rings. The molecule has 0 unspecified atom stereocenters. The average Bonchev–Trinajstić information content (AvgIpc) is 2.30. The molecule has 0 heterocycles. The van der Waals surface area contributed by atoms with E-state index in [1.54, 1.807) is 13.2 Å². The van der Waals surface area contributed by atoms with Crippen molar-refractivity contribution in [3.05, 3.63) is 23.8 Å². The molecule has 4 nitrogen and oxygen atoms in total. The van der Waals surface area contributed by atoms with Crippen LogP contribution >= 0.6 is 11.8 Å². The maximum Gasteiger partial charge on any atom is 0.234 e. The number of ether oxygens (including phenoxy) is 1. The molecule has 0 aliphatic carbocycles. The molecule has 0 aromatic heterocycles. The molecule has 0 atom stereocenters. The molecule has 0 aliphatic rings. The van der Waals surface area contributed by atoms with Crippen molar-refractivity contribution in [3.63, 3.8) is 0 Å². The molecule has 1 aromatic carbocycles. The number of carbonyl (C=O) groups excluding carboxylic acids is 1. The first kappa shape index (κ1) is 13.9. The highest BCUT2D eigenvalue weighted by molar-refractivity contribution is 7.99. The van der Waals surface area contributed by atoms with Gasteiger partial charge in [0.25, 0.3) is 0 Å². The van der Waals surface area contributed by atoms with Gasteiger partial charge in [0.05, 0.1) is 23.7 Å². The zero-order valence-electron chi connectivity index (χ0n) is 10.2. The van der Waals surface area contributed by atoms with Gasteiger partial charge in [-0.15, -0.1) is 11.8 Å². The number of hydrogen-bond acceptors (Lipinski definition) is 4. The number of nitrogens with two attached hydrogens (primary N) is 1. The minimum atomic E-state index is -0.0351. The van der Waals surface area contributed by atoms with Gasteiger partial charge in [-0.1, -0.05) is 12.1 Å². The van der Waals surface area contributed by atoms with Crippen molar-refractivity contribution in [2.24, 2.45) is 0 Å². The lowest BCUT2D eigenvalue weighted by atomic mass is 10.1. The van der Waals surface area contributed by atoms with E-state index in [1.807, 2.05) is 19.1 Å². The molecule has 0 radical (unpaired) electrons. The number of methoxy groups -OCH3 is 1. The van der Waals surface area contributed by atoms with Gasteiger partial charge in [0.15, 0.2) is 0 Å². The normalized spacial score (nSPS) is 10.2. The first-order valence-electron chi connectivity index (χ1n) is 5.36. The molecule has 1 rings (SSSR count). The molecule has 0 spiro atoms. The molecule has 0 bridgehead atoms. The first-order chi connectivity index (χ1) is 8.15. The van der Waals surface area contributed by atoms with E-state index in [0.29, 0.717) is 23.7 Å². The molecule has 17 heavy (non-hydrogen) atoms. The summed E-state index contributed by atoms with van der Waals surface area (Å²) in [6.45, 7) is 2.58. The minimum Gasteiger partial charge on any atom is -0.397 e. The van der Waals surface area contributed by atoms with Crippen LogP contribution in [0.3, 0.4) is 0 Å². The number of nitrogens with one attached hydrogen (secondary N) is 1. The Bertz CT molecular complexity index is 363. The Morgan fingerprint density at radius 3 is 2.94 bits per heavy atom. The lowest BCUT2D eigenvalue weighted by Crippen LogP contribution is -2.16. The summed E-state index contributed by atoms with van der Waals surface area (Å²) in [7, 11) is 1.65. The van der Waals surface area contributed by atoms with Crippen molar-refractivity contribution in [2.75, 3.05) is 36.3 Å². The number of thioether (sulfide) groups is 1. The van der Waals surface area contributed by atoms with Gasteiger partial charge in [0.2, 0.25) is 5.91 Å². The molecule has 94 valence electrons. The fraction of sp³-hybridized carbons (Fsp3) is 0.417. The monoisotopic (exact) mass is 254 g/mol. The number of carbonyl (C=O) groups is 1. The number of anilines is 2. The number of benzene rings is 1. The van der Waals surface area contributed by atoms with Gasteiger partial charge in [0, 0.05) is 12.9 Å². The Morgan fingerprint density at radius 2 is 2.29 bits per heavy atom. The summed E-state index contributed by atoms with van der Waals surface area (Å²) in [4.78, 5) is 11.7. The standard InChI is InChI=1S/C12H18N2O2S/c1-9-4-3-5-10(13)12(9)14-11(15)8-17-7-6-16-2/h3-5H,6-8,13H2,1-2H3,(H,14,15). The molecule has 0 saturated heterocycles. The molecule has 3 N–H and O–H groups in total. The van der Waals surface area contributed by atoms with Crippen LogP contribution in [0.25, 0.3) is 0 Å². The van der Waals surface area contributed by atoms with Crippen LogP contribution in [0.2, 0.25) is 0 Å². The average molecular weight is 254 g/mol. The maximum atomic E-state index is 11.7. The van der Waals surface area contributed by atoms with E-state index in [-0.39, 0.29) is 5.91 Å². The Hall–Kier alpha value is -1.20. The van der Waals surface area contributed by atoms with Crippen molar-refractivity contribution >= 4 is 29.0 Å². The van der Waals surface area contributed by atoms with Crippen LogP contribution < -0.4 is 11.1 Å². The Morgan fingerprint density at radius 1 is 1.53 bits per heavy atom. The Kier molecular flexibility index (Phi) is 5.86. The summed E-state index contributed by atoms with van der Waals surface area (Å²) in [5.74, 6) is 1.19. The third kappa shape index (κ3) is 4.66. The van der Waals surface area contributed by atoms with E-state index in [2.05, 4.69) is 5.32 Å². The third-order valence-electron chi connectivity index (χ3n) is 2.23. The zero-order valence-corrected chi connectivity index (χ0v) is 11.0. The van der Waals surface area contributed by atoms with Crippen LogP contribution in [0.1, 0.15) is 5.56 Å². The van der Waals surface area contributed by atoms with E-state index >= 15 is 0 Å². The minimum absolute atomic E-state index is 0.0351. The van der Waals surface area contributed by atoms with Crippen LogP contribution in [0.4, 0.5) is 11.4 Å². The summed E-state index contributed by atoms with van der Waals surface area (Å²) in [6.07, 6.45) is 0. The number of rotatable bonds is 6. The molecule has 5 heteroatoms. The fourth-order valence-corrected chi connectivity index (χ4v) is 2.03. The second-order valence-electron chi connectivity index (χ2n) is 3.63. The van der Waals surface area contributed by atoms with Gasteiger partial charge in [0.1, 0.15) is 0 Å². The number of hydrogen-bond donors (Lipinski definition) is 2. The smallest absolute Gasteiger partial charge is 0.234 e. The predicted molar refractivity (Wildman–Crippen MR) is 73.4 cm³/mol. The van der Waals surface area contributed by atoms with Crippen LogP contribution in [0.15, 0.2) is 18.2 Å². The lowest BCUT2D eigenvalue weighted by molar-refractivity contribution is -0.113. The molecule has 0 saturated carbocycles. The van der Waals surface area contributed by atoms with Crippen molar-refractivity contribution in [2.45, 2.75) is 6.92 Å². The van der Waals surface area contributed by atoms with E-state index in [4.69, 9.17) is 10.5 Å². The Balaban J connectivity index is 2.45. The van der Waals surface area contributed by atoms with Crippen molar-refractivity contribution < 1.29 is 9.53 Å². The van der Waals surface area contributed by atoms with E-state index in [0.717, 1.165) is 11.3 Å². The number of aryl methyl sites for hydroxylation is 1. The highest BCUT2D eigenvalue weighted by atomic mass is 32.2. The van der Waals surface area contributed by atoms with E-state index < -0.39 is 0 Å². The summed E-state index contributed by atoms with van der Waals surface area (Å²) in [5, 5.41) is 2.83. The highest BCUT2D eigenvalue weighted by Gasteiger charge is 2.07. The first-order valence-corrected chi connectivity index (χ1v) is 6.52. The number of amides is 1. The fourth-order valence-electron chi connectivity index (χ4n) is 1.34. The Labute approximate surface area is 106 Å². The van der Waals surface area contributed by atoms with Crippen molar-refractivity contribution in [1.82, 2.24) is 0 Å². The zero-order chi connectivity index (χ0) is 12.7. The maximum absolute atomic E-state index is 11.7. The van der Waals surface area contributed by atoms with Crippen LogP contribution in [-0.4, -0.2) is 31.1 Å². The van der Waals surface area contributed by atoms with E-state index in [1.165, 1.54) is 11.8 Å². The molecular weight excluding hydrogens is 236 g/mol. The SMILES string of the molecule is COCCSCC(=O)Nc1c(C)cccc1N. The molecular formula is C12H18N2O2S. The van der Waals surface area contributed by atoms with E-state index in [9.17, 15) is 4.79 Å². The van der Waals surface area contributed by atoms with Gasteiger partial charge < -0.3 is 15.8 Å². The molecule has 1 amide bonds. The van der Waals surface area contributed by atoms with Crippen LogP contribution in [0, 0.1) is 6.92 Å². The second kappa shape index (κ2) is 7.19. The number of nitrogen functional groups attached to an aromatic ring is 1. The summed E-state index contributed by atoms with van der Waals surface area (Å²) in [5.41, 5.74) is 8.09. The van der Waals surface area contributed by atoms with Gasteiger partial charge in [-0.3, -0.25) is 4.79 Å². The second-order valence-corrected chi connectivity index (χ2v) is 4.74. The lowest BCUT2D eigenvalue weighted by Gasteiger charge is -2.10.